The minimum atomic E-state index is -0.694. The van der Waals surface area contributed by atoms with Gasteiger partial charge in [0.15, 0.2) is 5.82 Å². The van der Waals surface area contributed by atoms with Gasteiger partial charge >= 0.3 is 0 Å². The number of aromatic nitrogens is 2. The number of benzene rings is 2. The molecule has 0 atom stereocenters. The highest BCUT2D eigenvalue weighted by molar-refractivity contribution is 9.10. The van der Waals surface area contributed by atoms with E-state index in [0.29, 0.717) is 21.9 Å². The van der Waals surface area contributed by atoms with Crippen LogP contribution in [0.15, 0.2) is 34.8 Å². The number of nitrogens with one attached hydrogen (secondary N) is 1. The molecular formula is C13H6BrClF2N2. The van der Waals surface area contributed by atoms with Gasteiger partial charge < -0.3 is 4.98 Å². The van der Waals surface area contributed by atoms with E-state index in [9.17, 15) is 8.78 Å². The Morgan fingerprint density at radius 3 is 2.68 bits per heavy atom. The van der Waals surface area contributed by atoms with Crippen molar-refractivity contribution in [3.8, 4) is 11.4 Å². The van der Waals surface area contributed by atoms with Gasteiger partial charge in [-0.2, -0.15) is 0 Å². The minimum Gasteiger partial charge on any atom is -0.338 e. The Hall–Kier alpha value is -1.46. The Balaban J connectivity index is 2.20. The Kier molecular flexibility index (Phi) is 3.03. The molecule has 6 heteroatoms. The van der Waals surface area contributed by atoms with E-state index >= 15 is 0 Å². The van der Waals surface area contributed by atoms with Gasteiger partial charge in [0, 0.05) is 16.1 Å². The van der Waals surface area contributed by atoms with Crippen molar-refractivity contribution in [3.63, 3.8) is 0 Å². The molecule has 0 fully saturated rings. The summed E-state index contributed by atoms with van der Waals surface area (Å²) in [6, 6.07) is 7.25. The molecule has 1 aromatic heterocycles. The third kappa shape index (κ3) is 2.24. The van der Waals surface area contributed by atoms with Crippen LogP contribution in [0, 0.1) is 11.6 Å². The van der Waals surface area contributed by atoms with Gasteiger partial charge in [-0.1, -0.05) is 17.7 Å². The van der Waals surface area contributed by atoms with Crippen LogP contribution in [-0.2, 0) is 0 Å². The van der Waals surface area contributed by atoms with Crippen LogP contribution < -0.4 is 0 Å². The lowest BCUT2D eigenvalue weighted by Crippen LogP contribution is -1.81. The van der Waals surface area contributed by atoms with E-state index in [1.165, 1.54) is 6.07 Å². The molecule has 0 aliphatic carbocycles. The highest BCUT2D eigenvalue weighted by Gasteiger charge is 2.11. The molecule has 0 spiro atoms. The van der Waals surface area contributed by atoms with Crippen molar-refractivity contribution in [1.82, 2.24) is 9.97 Å². The number of fused-ring (bicyclic) bond motifs is 1. The third-order valence-electron chi connectivity index (χ3n) is 2.70. The molecule has 3 rings (SSSR count). The van der Waals surface area contributed by atoms with Gasteiger partial charge in [0.1, 0.15) is 17.2 Å². The molecule has 96 valence electrons. The zero-order valence-corrected chi connectivity index (χ0v) is 11.7. The lowest BCUT2D eigenvalue weighted by molar-refractivity contribution is 0.591. The molecule has 1 N–H and O–H groups in total. The molecule has 3 aromatic rings. The number of hydrogen-bond acceptors (Lipinski definition) is 1. The molecule has 0 amide bonds. The average Bonchev–Trinajstić information content (AvgIpc) is 2.76. The summed E-state index contributed by atoms with van der Waals surface area (Å²) < 4.78 is 27.4. The normalized spacial score (nSPS) is 11.2. The van der Waals surface area contributed by atoms with Crippen LogP contribution in [0.2, 0.25) is 5.02 Å². The van der Waals surface area contributed by atoms with E-state index in [0.717, 1.165) is 10.5 Å². The predicted octanol–water partition coefficient (Wildman–Crippen LogP) is 4.92. The van der Waals surface area contributed by atoms with Crippen molar-refractivity contribution >= 4 is 38.6 Å². The van der Waals surface area contributed by atoms with Crippen molar-refractivity contribution in [2.75, 3.05) is 0 Å². The van der Waals surface area contributed by atoms with Crippen LogP contribution in [0.5, 0.6) is 0 Å². The van der Waals surface area contributed by atoms with E-state index in [1.807, 2.05) is 0 Å². The lowest BCUT2D eigenvalue weighted by Gasteiger charge is -1.99. The van der Waals surface area contributed by atoms with E-state index in [4.69, 9.17) is 11.6 Å². The molecule has 0 radical (unpaired) electrons. The third-order valence-corrected chi connectivity index (χ3v) is 3.93. The topological polar surface area (TPSA) is 28.7 Å². The number of imidazole rings is 1. The quantitative estimate of drug-likeness (QED) is 0.667. The van der Waals surface area contributed by atoms with Gasteiger partial charge in [0.05, 0.1) is 10.5 Å². The predicted molar refractivity (Wildman–Crippen MR) is 74.2 cm³/mol. The smallest absolute Gasteiger partial charge is 0.153 e. The maximum absolute atomic E-state index is 13.6. The second-order valence-electron chi connectivity index (χ2n) is 4.00. The minimum absolute atomic E-state index is 0.107. The second kappa shape index (κ2) is 4.58. The zero-order valence-electron chi connectivity index (χ0n) is 9.35. The number of H-pyrrole nitrogens is 1. The molecule has 0 bridgehead atoms. The summed E-state index contributed by atoms with van der Waals surface area (Å²) in [5.74, 6) is -0.899. The molecule has 0 aliphatic heterocycles. The first-order valence-electron chi connectivity index (χ1n) is 5.35. The fourth-order valence-corrected chi connectivity index (χ4v) is 2.25. The van der Waals surface area contributed by atoms with Crippen LogP contribution in [0.1, 0.15) is 0 Å². The van der Waals surface area contributed by atoms with Crippen LogP contribution in [0.3, 0.4) is 0 Å². The highest BCUT2D eigenvalue weighted by atomic mass is 79.9. The molecule has 0 saturated carbocycles. The van der Waals surface area contributed by atoms with Crippen LogP contribution in [0.25, 0.3) is 22.4 Å². The first-order chi connectivity index (χ1) is 9.04. The van der Waals surface area contributed by atoms with E-state index in [1.54, 1.807) is 18.2 Å². The zero-order chi connectivity index (χ0) is 13.6. The molecule has 2 aromatic carbocycles. The molecule has 2 nitrogen and oxygen atoms in total. The molecule has 19 heavy (non-hydrogen) atoms. The fourth-order valence-electron chi connectivity index (χ4n) is 1.82. The summed E-state index contributed by atoms with van der Waals surface area (Å²) in [6.45, 7) is 0. The van der Waals surface area contributed by atoms with Crippen molar-refractivity contribution in [1.29, 1.82) is 0 Å². The van der Waals surface area contributed by atoms with Crippen LogP contribution in [0.4, 0.5) is 8.78 Å². The standard InChI is InChI=1S/C13H6BrClF2N2/c14-8-2-1-6(3-9(8)15)13-18-11-5-7(16)4-10(17)12(11)19-13/h1-5H,(H,18,19). The summed E-state index contributed by atoms with van der Waals surface area (Å²) in [4.78, 5) is 7.00. The molecule has 1 heterocycles. The van der Waals surface area contributed by atoms with Gasteiger partial charge in [-0.25, -0.2) is 13.8 Å². The number of hydrogen-bond donors (Lipinski definition) is 1. The number of nitrogens with zero attached hydrogens (tertiary/aromatic N) is 1. The monoisotopic (exact) mass is 342 g/mol. The van der Waals surface area contributed by atoms with E-state index in [-0.39, 0.29) is 5.52 Å². The van der Waals surface area contributed by atoms with Crippen LogP contribution in [-0.4, -0.2) is 9.97 Å². The van der Waals surface area contributed by atoms with Gasteiger partial charge in [-0.15, -0.1) is 0 Å². The van der Waals surface area contributed by atoms with Gasteiger partial charge in [-0.3, -0.25) is 0 Å². The highest BCUT2D eigenvalue weighted by Crippen LogP contribution is 2.29. The first-order valence-corrected chi connectivity index (χ1v) is 6.52. The molecular weight excluding hydrogens is 338 g/mol. The number of halogens is 4. The Bertz CT molecular complexity index is 786. The van der Waals surface area contributed by atoms with Crippen molar-refractivity contribution in [3.05, 3.63) is 51.5 Å². The maximum Gasteiger partial charge on any atom is 0.153 e. The summed E-state index contributed by atoms with van der Waals surface area (Å²) >= 11 is 9.28. The Labute approximate surface area is 120 Å². The van der Waals surface area contributed by atoms with Crippen molar-refractivity contribution < 1.29 is 8.78 Å². The summed E-state index contributed by atoms with van der Waals surface area (Å²) in [5.41, 5.74) is 1.12. The largest absolute Gasteiger partial charge is 0.338 e. The summed E-state index contributed by atoms with van der Waals surface area (Å²) in [5, 5.41) is 0.518. The summed E-state index contributed by atoms with van der Waals surface area (Å²) in [6.07, 6.45) is 0. The fraction of sp³-hybridized carbons (Fsp3) is 0. The Morgan fingerprint density at radius 1 is 1.16 bits per heavy atom. The van der Waals surface area contributed by atoms with Gasteiger partial charge in [0.25, 0.3) is 0 Å². The second-order valence-corrected chi connectivity index (χ2v) is 5.26. The Morgan fingerprint density at radius 2 is 1.95 bits per heavy atom. The molecule has 0 unspecified atom stereocenters. The lowest BCUT2D eigenvalue weighted by atomic mass is 10.2. The van der Waals surface area contributed by atoms with E-state index in [2.05, 4.69) is 25.9 Å². The van der Waals surface area contributed by atoms with Crippen molar-refractivity contribution in [2.45, 2.75) is 0 Å². The van der Waals surface area contributed by atoms with Crippen LogP contribution >= 0.6 is 27.5 Å². The average molecular weight is 344 g/mol. The molecule has 0 aliphatic rings. The van der Waals surface area contributed by atoms with Crippen molar-refractivity contribution in [2.24, 2.45) is 0 Å². The number of rotatable bonds is 1. The van der Waals surface area contributed by atoms with Gasteiger partial charge in [0.2, 0.25) is 0 Å². The summed E-state index contributed by atoms with van der Waals surface area (Å²) in [7, 11) is 0. The molecule has 0 saturated heterocycles. The van der Waals surface area contributed by atoms with Gasteiger partial charge in [-0.05, 0) is 34.1 Å². The number of aromatic amines is 1. The SMILES string of the molecule is Fc1cc(F)c2nc(-c3ccc(Br)c(Cl)c3)[nH]c2c1. The maximum atomic E-state index is 13.6. The first kappa shape index (κ1) is 12.6. The van der Waals surface area contributed by atoms with E-state index < -0.39 is 11.6 Å².